The van der Waals surface area contributed by atoms with Crippen molar-refractivity contribution >= 4 is 23.4 Å². The number of amides is 2. The van der Waals surface area contributed by atoms with Crippen molar-refractivity contribution in [2.75, 3.05) is 36.0 Å². The minimum absolute atomic E-state index is 0.100. The third-order valence-corrected chi connectivity index (χ3v) is 5.23. The lowest BCUT2D eigenvalue weighted by Crippen LogP contribution is -2.41. The van der Waals surface area contributed by atoms with Gasteiger partial charge in [-0.25, -0.2) is 14.0 Å². The number of cyclic esters (lactones) is 1. The first-order chi connectivity index (χ1) is 14.6. The van der Waals surface area contributed by atoms with Crippen molar-refractivity contribution in [2.45, 2.75) is 25.6 Å². The minimum atomic E-state index is -5.03. The Kier molecular flexibility index (Phi) is 6.38. The van der Waals surface area contributed by atoms with Crippen molar-refractivity contribution in [3.8, 4) is 0 Å². The zero-order valence-corrected chi connectivity index (χ0v) is 16.6. The summed E-state index contributed by atoms with van der Waals surface area (Å²) >= 11 is 0. The van der Waals surface area contributed by atoms with Gasteiger partial charge in [0.25, 0.3) is 0 Å². The average molecular weight is 440 g/mol. The second kappa shape index (κ2) is 8.83. The molecule has 2 aliphatic rings. The largest absolute Gasteiger partial charge is 0.471 e. The van der Waals surface area contributed by atoms with Gasteiger partial charge in [0.05, 0.1) is 31.0 Å². The highest BCUT2D eigenvalue weighted by molar-refractivity contribution is 5.90. The predicted octanol–water partition coefficient (Wildman–Crippen LogP) is 3.48. The molecule has 1 unspecified atom stereocenters. The molecule has 3 rings (SSSR count). The zero-order chi connectivity index (χ0) is 22.8. The maximum absolute atomic E-state index is 14.8. The van der Waals surface area contributed by atoms with Gasteiger partial charge in [0, 0.05) is 13.1 Å². The van der Waals surface area contributed by atoms with Gasteiger partial charge in [-0.1, -0.05) is 12.5 Å². The van der Waals surface area contributed by atoms with Crippen molar-refractivity contribution in [3.05, 3.63) is 47.2 Å². The molecule has 1 aromatic carbocycles. The van der Waals surface area contributed by atoms with E-state index < -0.39 is 36.6 Å². The molecule has 1 aromatic rings. The molecule has 0 saturated carbocycles. The van der Waals surface area contributed by atoms with Crippen LogP contribution >= 0.6 is 0 Å². The van der Waals surface area contributed by atoms with E-state index in [-0.39, 0.29) is 18.2 Å². The number of benzene rings is 1. The number of nitrogens with one attached hydrogen (secondary N) is 1. The maximum Gasteiger partial charge on any atom is 0.471 e. The zero-order valence-electron chi connectivity index (χ0n) is 16.6. The van der Waals surface area contributed by atoms with Gasteiger partial charge in [0.1, 0.15) is 11.9 Å². The highest BCUT2D eigenvalue weighted by atomic mass is 19.4. The molecule has 0 radical (unpaired) electrons. The summed E-state index contributed by atoms with van der Waals surface area (Å²) in [5.74, 6) is -2.57. The third kappa shape index (κ3) is 5.07. The summed E-state index contributed by atoms with van der Waals surface area (Å²) in [7, 11) is 0. The average Bonchev–Trinajstić information content (AvgIpc) is 3.07. The van der Waals surface area contributed by atoms with Gasteiger partial charge in [-0.05, 0) is 30.5 Å². The molecular formula is C20H20F4N4O3. The minimum Gasteiger partial charge on any atom is -0.442 e. The molecule has 0 spiro atoms. The summed E-state index contributed by atoms with van der Waals surface area (Å²) in [6.07, 6.45) is -4.70. The van der Waals surface area contributed by atoms with Gasteiger partial charge in [-0.3, -0.25) is 9.69 Å². The van der Waals surface area contributed by atoms with E-state index in [1.807, 2.05) is 11.8 Å². The number of alkyl halides is 3. The fourth-order valence-corrected chi connectivity index (χ4v) is 3.61. The first-order valence-electron chi connectivity index (χ1n) is 9.53. The SMILES string of the molecule is [C-]#[N+]C=C1CCN(c2ccc(N3C[C@H](CNC(=O)C(F)(F)F)OC3=O)cc2F)CC1C. The van der Waals surface area contributed by atoms with Gasteiger partial charge >= 0.3 is 18.2 Å². The lowest BCUT2D eigenvalue weighted by molar-refractivity contribution is -0.173. The molecule has 11 heteroatoms. The first kappa shape index (κ1) is 22.4. The van der Waals surface area contributed by atoms with E-state index in [0.29, 0.717) is 25.2 Å². The topological polar surface area (TPSA) is 66.2 Å². The summed E-state index contributed by atoms with van der Waals surface area (Å²) in [5, 5.41) is 1.67. The summed E-state index contributed by atoms with van der Waals surface area (Å²) in [6, 6.07) is 4.24. The second-order valence-corrected chi connectivity index (χ2v) is 7.39. The number of hydrogen-bond acceptors (Lipinski definition) is 4. The highest BCUT2D eigenvalue weighted by Gasteiger charge is 2.40. The number of anilines is 2. The Hall–Kier alpha value is -3.29. The molecule has 31 heavy (non-hydrogen) atoms. The Bertz CT molecular complexity index is 941. The quantitative estimate of drug-likeness (QED) is 0.575. The molecule has 0 bridgehead atoms. The molecule has 2 heterocycles. The number of carbonyl (C=O) groups is 2. The standard InChI is InChI=1S/C20H20F4N4O3/c1-12-10-27(6-5-13(12)8-25-2)17-4-3-14(7-16(17)21)28-11-15(31-19(28)30)9-26-18(29)20(22,23)24/h3-4,7-8,12,15H,5-6,9-11H2,1H3,(H,26,29)/t12?,15-/m0/s1. The summed E-state index contributed by atoms with van der Waals surface area (Å²) in [4.78, 5) is 29.2. The number of halogens is 4. The van der Waals surface area contributed by atoms with Crippen LogP contribution in [0.15, 0.2) is 30.0 Å². The molecule has 2 fully saturated rings. The van der Waals surface area contributed by atoms with Crippen molar-refractivity contribution < 1.29 is 31.9 Å². The van der Waals surface area contributed by atoms with Gasteiger partial charge in [-0.2, -0.15) is 13.2 Å². The van der Waals surface area contributed by atoms with E-state index in [1.54, 1.807) is 5.32 Å². The van der Waals surface area contributed by atoms with E-state index in [9.17, 15) is 27.2 Å². The van der Waals surface area contributed by atoms with E-state index in [0.717, 1.165) is 10.5 Å². The summed E-state index contributed by atoms with van der Waals surface area (Å²) in [6.45, 7) is 9.38. The molecule has 1 N–H and O–H groups in total. The Balaban J connectivity index is 1.65. The first-order valence-corrected chi connectivity index (χ1v) is 9.53. The van der Waals surface area contributed by atoms with E-state index >= 15 is 0 Å². The number of hydrogen-bond donors (Lipinski definition) is 1. The van der Waals surface area contributed by atoms with Gasteiger partial charge in [-0.15, -0.1) is 0 Å². The molecule has 2 atom stereocenters. The van der Waals surface area contributed by atoms with Gasteiger partial charge < -0.3 is 15.0 Å². The van der Waals surface area contributed by atoms with Crippen molar-refractivity contribution in [1.29, 1.82) is 0 Å². The smallest absolute Gasteiger partial charge is 0.442 e. The monoisotopic (exact) mass is 440 g/mol. The molecule has 0 aromatic heterocycles. The van der Waals surface area contributed by atoms with E-state index in [2.05, 4.69) is 4.85 Å². The van der Waals surface area contributed by atoms with Crippen LogP contribution in [0.25, 0.3) is 4.85 Å². The summed E-state index contributed by atoms with van der Waals surface area (Å²) < 4.78 is 56.6. The van der Waals surface area contributed by atoms with Crippen LogP contribution in [0, 0.1) is 18.3 Å². The molecule has 0 aliphatic carbocycles. The molecule has 2 amide bonds. The molecule has 7 nitrogen and oxygen atoms in total. The van der Waals surface area contributed by atoms with Crippen molar-refractivity contribution in [1.82, 2.24) is 5.32 Å². The number of piperidine rings is 1. The van der Waals surface area contributed by atoms with Crippen LogP contribution in [0.5, 0.6) is 0 Å². The van der Waals surface area contributed by atoms with Crippen LogP contribution in [-0.2, 0) is 9.53 Å². The maximum atomic E-state index is 14.8. The summed E-state index contributed by atoms with van der Waals surface area (Å²) in [5.41, 5.74) is 1.58. The van der Waals surface area contributed by atoms with Crippen molar-refractivity contribution in [2.24, 2.45) is 5.92 Å². The Morgan fingerprint density at radius 1 is 1.39 bits per heavy atom. The molecule has 166 valence electrons. The predicted molar refractivity (Wildman–Crippen MR) is 104 cm³/mol. The fourth-order valence-electron chi connectivity index (χ4n) is 3.61. The van der Waals surface area contributed by atoms with Crippen LogP contribution in [-0.4, -0.2) is 50.5 Å². The molecular weight excluding hydrogens is 420 g/mol. The molecule has 2 aliphatic heterocycles. The van der Waals surface area contributed by atoms with Crippen LogP contribution < -0.4 is 15.1 Å². The fraction of sp³-hybridized carbons (Fsp3) is 0.450. The van der Waals surface area contributed by atoms with E-state index in [1.165, 1.54) is 24.4 Å². The van der Waals surface area contributed by atoms with Crippen LogP contribution in [0.1, 0.15) is 13.3 Å². The molecule has 2 saturated heterocycles. The van der Waals surface area contributed by atoms with Gasteiger partial charge in [0.15, 0.2) is 6.20 Å². The van der Waals surface area contributed by atoms with Crippen LogP contribution in [0.3, 0.4) is 0 Å². The number of carbonyl (C=O) groups excluding carboxylic acids is 2. The lowest BCUT2D eigenvalue weighted by Gasteiger charge is -2.35. The second-order valence-electron chi connectivity index (χ2n) is 7.39. The van der Waals surface area contributed by atoms with E-state index in [4.69, 9.17) is 11.3 Å². The number of ether oxygens (including phenoxy) is 1. The number of rotatable bonds is 4. The van der Waals surface area contributed by atoms with Crippen LogP contribution in [0.4, 0.5) is 33.7 Å². The Morgan fingerprint density at radius 2 is 2.13 bits per heavy atom. The van der Waals surface area contributed by atoms with Crippen LogP contribution in [0.2, 0.25) is 0 Å². The Labute approximate surface area is 176 Å². The highest BCUT2D eigenvalue weighted by Crippen LogP contribution is 2.32. The number of nitrogens with zero attached hydrogens (tertiary/aromatic N) is 3. The Morgan fingerprint density at radius 3 is 2.74 bits per heavy atom. The normalized spacial score (nSPS) is 23.0. The lowest BCUT2D eigenvalue weighted by atomic mass is 9.93. The third-order valence-electron chi connectivity index (χ3n) is 5.23. The van der Waals surface area contributed by atoms with Gasteiger partial charge in [0.2, 0.25) is 0 Å². The van der Waals surface area contributed by atoms with Crippen molar-refractivity contribution in [3.63, 3.8) is 0 Å².